The molecule has 44 heavy (non-hydrogen) atoms. The Labute approximate surface area is 254 Å². The van der Waals surface area contributed by atoms with Crippen LogP contribution in [0.2, 0.25) is 0 Å². The van der Waals surface area contributed by atoms with Crippen LogP contribution in [0.25, 0.3) is 12.2 Å². The Hall–Kier alpha value is -4.76. The van der Waals surface area contributed by atoms with E-state index in [2.05, 4.69) is 20.5 Å². The van der Waals surface area contributed by atoms with Crippen LogP contribution in [0.3, 0.4) is 0 Å². The topological polar surface area (TPSA) is 177 Å². The van der Waals surface area contributed by atoms with Gasteiger partial charge in [-0.3, -0.25) is 9.11 Å². The van der Waals surface area contributed by atoms with Gasteiger partial charge < -0.3 is 9.47 Å². The molecule has 4 aromatic rings. The van der Waals surface area contributed by atoms with E-state index in [4.69, 9.17) is 9.47 Å². The lowest BCUT2D eigenvalue weighted by Crippen LogP contribution is -2.01. The third-order valence-electron chi connectivity index (χ3n) is 5.85. The van der Waals surface area contributed by atoms with Gasteiger partial charge in [-0.2, -0.15) is 37.3 Å². The molecule has 0 heterocycles. The first kappa shape index (κ1) is 32.2. The highest BCUT2D eigenvalue weighted by atomic mass is 32.2. The monoisotopic (exact) mass is 636 g/mol. The van der Waals surface area contributed by atoms with E-state index in [0.717, 1.165) is 12.1 Å². The fraction of sp³-hybridized carbons (Fsp3) is 0.133. The fourth-order valence-corrected chi connectivity index (χ4v) is 5.26. The van der Waals surface area contributed by atoms with Gasteiger partial charge in [-0.15, -0.1) is 0 Å². The Kier molecular flexibility index (Phi) is 10.3. The highest BCUT2D eigenvalue weighted by Gasteiger charge is 2.17. The van der Waals surface area contributed by atoms with Crippen molar-refractivity contribution in [1.82, 2.24) is 0 Å². The van der Waals surface area contributed by atoms with Gasteiger partial charge in [0.2, 0.25) is 0 Å². The van der Waals surface area contributed by atoms with Crippen molar-refractivity contribution in [2.24, 2.45) is 20.5 Å². The van der Waals surface area contributed by atoms with Crippen LogP contribution in [-0.2, 0) is 20.2 Å². The maximum atomic E-state index is 12.2. The van der Waals surface area contributed by atoms with Gasteiger partial charge in [0, 0.05) is 0 Å². The van der Waals surface area contributed by atoms with Gasteiger partial charge in [0.1, 0.15) is 21.3 Å². The van der Waals surface area contributed by atoms with Crippen molar-refractivity contribution in [2.45, 2.75) is 23.6 Å². The van der Waals surface area contributed by atoms with Crippen LogP contribution >= 0.6 is 0 Å². The summed E-state index contributed by atoms with van der Waals surface area (Å²) < 4.78 is 79.2. The van der Waals surface area contributed by atoms with Gasteiger partial charge in [0.15, 0.2) is 0 Å². The maximum absolute atomic E-state index is 12.2. The molecule has 0 atom stereocenters. The summed E-state index contributed by atoms with van der Waals surface area (Å²) >= 11 is 0. The first-order chi connectivity index (χ1) is 21.0. The molecule has 0 aliphatic rings. The summed E-state index contributed by atoms with van der Waals surface area (Å²) in [7, 11) is -9.43. The Morgan fingerprint density at radius 2 is 0.864 bits per heavy atom. The van der Waals surface area contributed by atoms with Gasteiger partial charge in [-0.25, -0.2) is 0 Å². The van der Waals surface area contributed by atoms with Crippen LogP contribution < -0.4 is 9.47 Å². The first-order valence-corrected chi connectivity index (χ1v) is 16.0. The van der Waals surface area contributed by atoms with Gasteiger partial charge in [0.05, 0.1) is 36.0 Å². The smallest absolute Gasteiger partial charge is 0.295 e. The lowest BCUT2D eigenvalue weighted by atomic mass is 10.1. The van der Waals surface area contributed by atoms with Crippen molar-refractivity contribution < 1.29 is 35.4 Å². The highest BCUT2D eigenvalue weighted by molar-refractivity contribution is 7.86. The molecule has 2 N–H and O–H groups in total. The van der Waals surface area contributed by atoms with E-state index in [9.17, 15) is 25.9 Å². The number of rotatable bonds is 12. The van der Waals surface area contributed by atoms with E-state index in [1.807, 2.05) is 13.8 Å². The van der Waals surface area contributed by atoms with E-state index in [1.54, 1.807) is 48.5 Å². The van der Waals surface area contributed by atoms with Crippen molar-refractivity contribution in [3.05, 3.63) is 96.1 Å². The maximum Gasteiger partial charge on any atom is 0.295 e. The molecule has 0 bridgehead atoms. The lowest BCUT2D eigenvalue weighted by Gasteiger charge is -2.06. The summed E-state index contributed by atoms with van der Waals surface area (Å²) in [6.45, 7) is 4.75. The molecular weight excluding hydrogens is 608 g/mol. The van der Waals surface area contributed by atoms with Crippen molar-refractivity contribution in [2.75, 3.05) is 13.2 Å². The summed E-state index contributed by atoms with van der Waals surface area (Å²) in [6.07, 6.45) is 2.56. The van der Waals surface area contributed by atoms with Crippen LogP contribution in [0.5, 0.6) is 11.5 Å². The summed E-state index contributed by atoms with van der Waals surface area (Å²) in [5, 5.41) is 16.2. The number of azo groups is 2. The van der Waals surface area contributed by atoms with Gasteiger partial charge in [0.25, 0.3) is 20.2 Å². The van der Waals surface area contributed by atoms with Crippen LogP contribution in [-0.4, -0.2) is 39.2 Å². The quantitative estimate of drug-likeness (QED) is 0.0893. The average molecular weight is 637 g/mol. The molecule has 0 saturated heterocycles. The number of benzene rings is 4. The molecule has 0 amide bonds. The largest absolute Gasteiger partial charge is 0.494 e. The summed E-state index contributed by atoms with van der Waals surface area (Å²) in [6, 6.07) is 21.5. The zero-order valence-corrected chi connectivity index (χ0v) is 25.2. The average Bonchev–Trinajstić information content (AvgIpc) is 2.99. The molecule has 0 aliphatic carbocycles. The minimum absolute atomic E-state index is 0.0352. The molecule has 0 aliphatic heterocycles. The second kappa shape index (κ2) is 14.1. The number of hydrogen-bond acceptors (Lipinski definition) is 10. The third kappa shape index (κ3) is 8.87. The second-order valence-electron chi connectivity index (χ2n) is 8.98. The Balaban J connectivity index is 1.60. The van der Waals surface area contributed by atoms with E-state index >= 15 is 0 Å². The molecule has 0 aromatic heterocycles. The van der Waals surface area contributed by atoms with Crippen LogP contribution in [0.15, 0.2) is 115 Å². The first-order valence-electron chi connectivity index (χ1n) is 13.2. The normalized spacial score (nSPS) is 12.4. The number of hydrogen-bond donors (Lipinski definition) is 2. The Morgan fingerprint density at radius 1 is 0.545 bits per heavy atom. The molecule has 0 radical (unpaired) electrons. The SMILES string of the molecule is CCOc1ccc(N=Nc2ccc(/C=C/c3ccc(N=Nc4ccc(OCC)cc4)cc3S(=O)(=O)O)c(S(=O)(=O)O)c2)cc1. The van der Waals surface area contributed by atoms with Gasteiger partial charge in [-0.1, -0.05) is 24.3 Å². The zero-order valence-electron chi connectivity index (χ0n) is 23.6. The van der Waals surface area contributed by atoms with Crippen LogP contribution in [0.1, 0.15) is 25.0 Å². The fourth-order valence-electron chi connectivity index (χ4n) is 3.85. The predicted molar refractivity (Wildman–Crippen MR) is 165 cm³/mol. The van der Waals surface area contributed by atoms with Crippen LogP contribution in [0, 0.1) is 0 Å². The number of nitrogens with zero attached hydrogens (tertiary/aromatic N) is 4. The summed E-state index contributed by atoms with van der Waals surface area (Å²) in [4.78, 5) is -0.961. The van der Waals surface area contributed by atoms with Gasteiger partial charge in [-0.05, 0) is 97.8 Å². The molecule has 12 nitrogen and oxygen atoms in total. The molecular formula is C30H28N4O8S2. The van der Waals surface area contributed by atoms with Crippen molar-refractivity contribution in [3.63, 3.8) is 0 Å². The minimum atomic E-state index is -4.71. The summed E-state index contributed by atoms with van der Waals surface area (Å²) in [5.74, 6) is 1.33. The zero-order chi connectivity index (χ0) is 31.7. The molecule has 4 rings (SSSR count). The Morgan fingerprint density at radius 3 is 1.18 bits per heavy atom. The lowest BCUT2D eigenvalue weighted by molar-refractivity contribution is 0.340. The predicted octanol–water partition coefficient (Wildman–Crippen LogP) is 7.98. The van der Waals surface area contributed by atoms with Crippen molar-refractivity contribution in [3.8, 4) is 11.5 Å². The highest BCUT2D eigenvalue weighted by Crippen LogP contribution is 2.30. The second-order valence-corrected chi connectivity index (χ2v) is 11.8. The third-order valence-corrected chi connectivity index (χ3v) is 7.67. The van der Waals surface area contributed by atoms with Crippen molar-refractivity contribution in [1.29, 1.82) is 0 Å². The Bertz CT molecular complexity index is 1780. The number of ether oxygens (including phenoxy) is 2. The minimum Gasteiger partial charge on any atom is -0.494 e. The van der Waals surface area contributed by atoms with E-state index < -0.39 is 30.0 Å². The molecule has 0 unspecified atom stereocenters. The molecule has 228 valence electrons. The molecule has 0 fully saturated rings. The molecule has 14 heteroatoms. The molecule has 0 saturated carbocycles. The van der Waals surface area contributed by atoms with Crippen LogP contribution in [0.4, 0.5) is 22.7 Å². The van der Waals surface area contributed by atoms with Gasteiger partial charge >= 0.3 is 0 Å². The van der Waals surface area contributed by atoms with Crippen molar-refractivity contribution >= 4 is 55.1 Å². The van der Waals surface area contributed by atoms with E-state index in [1.165, 1.54) is 36.4 Å². The van der Waals surface area contributed by atoms with E-state index in [-0.39, 0.29) is 22.5 Å². The standard InChI is InChI=1S/C30H28N4O8S2/c1-3-41-27-15-11-23(12-16-27)31-33-25-9-7-21(29(19-25)43(35,36)37)5-6-22-8-10-26(20-30(22)44(38,39)40)34-32-24-13-17-28(18-14-24)42-4-2/h5-20H,3-4H2,1-2H3,(H,35,36,37)(H,38,39,40)/b6-5+,33-31?,34-32?. The van der Waals surface area contributed by atoms with E-state index in [0.29, 0.717) is 36.1 Å². The molecule has 0 spiro atoms. The summed E-state index contributed by atoms with van der Waals surface area (Å²) in [5.41, 5.74) is 1.34. The molecule has 4 aromatic carbocycles.